The summed E-state index contributed by atoms with van der Waals surface area (Å²) in [7, 11) is 0. The molecule has 0 saturated heterocycles. The third-order valence-corrected chi connectivity index (χ3v) is 2.81. The molecule has 1 amide bonds. The number of hydrogen-bond donors (Lipinski definition) is 2. The molecule has 0 saturated carbocycles. The van der Waals surface area contributed by atoms with Crippen LogP contribution in [0.2, 0.25) is 0 Å². The predicted molar refractivity (Wildman–Crippen MR) is 70.1 cm³/mol. The molecule has 0 aliphatic heterocycles. The molecule has 1 aromatic heterocycles. The first-order valence-electron chi connectivity index (χ1n) is 5.95. The van der Waals surface area contributed by atoms with E-state index in [0.717, 1.165) is 12.2 Å². The zero-order valence-electron chi connectivity index (χ0n) is 10.6. The number of nitrogens with one attached hydrogen (secondary N) is 1. The van der Waals surface area contributed by atoms with Crippen LogP contribution in [0.15, 0.2) is 30.5 Å². The molecule has 100 valence electrons. The molecule has 3 N–H and O–H groups in total. The van der Waals surface area contributed by atoms with E-state index < -0.39 is 11.7 Å². The van der Waals surface area contributed by atoms with Crippen LogP contribution in [0, 0.1) is 5.82 Å². The second kappa shape index (κ2) is 5.51. The number of carbonyl (C=O) groups excluding carboxylic acids is 1. The molecule has 0 spiro atoms. The van der Waals surface area contributed by atoms with E-state index in [1.807, 2.05) is 17.7 Å². The maximum Gasteiger partial charge on any atom is 0.248 e. The average Bonchev–Trinajstić information content (AvgIpc) is 2.85. The Bertz CT molecular complexity index is 594. The summed E-state index contributed by atoms with van der Waals surface area (Å²) >= 11 is 0. The van der Waals surface area contributed by atoms with Crippen LogP contribution in [0.4, 0.5) is 10.1 Å². The molecule has 0 atom stereocenters. The van der Waals surface area contributed by atoms with Crippen molar-refractivity contribution in [3.05, 3.63) is 47.5 Å². The molecule has 19 heavy (non-hydrogen) atoms. The number of aromatic nitrogens is 2. The monoisotopic (exact) mass is 262 g/mol. The summed E-state index contributed by atoms with van der Waals surface area (Å²) in [4.78, 5) is 11.1. The smallest absolute Gasteiger partial charge is 0.248 e. The summed E-state index contributed by atoms with van der Waals surface area (Å²) in [5.74, 6) is -1.01. The lowest BCUT2D eigenvalue weighted by atomic mass is 10.2. The lowest BCUT2D eigenvalue weighted by Crippen LogP contribution is -2.13. The van der Waals surface area contributed by atoms with Gasteiger partial charge in [-0.05, 0) is 31.2 Å². The second-order valence-corrected chi connectivity index (χ2v) is 4.05. The molecule has 5 nitrogen and oxygen atoms in total. The molecule has 6 heteroatoms. The number of anilines is 1. The third kappa shape index (κ3) is 2.90. The van der Waals surface area contributed by atoms with Gasteiger partial charge in [-0.3, -0.25) is 9.48 Å². The summed E-state index contributed by atoms with van der Waals surface area (Å²) in [5, 5.41) is 7.07. The molecule has 0 bridgehead atoms. The van der Waals surface area contributed by atoms with Crippen LogP contribution in [0.5, 0.6) is 0 Å². The summed E-state index contributed by atoms with van der Waals surface area (Å²) in [5.41, 5.74) is 6.62. The number of amides is 1. The number of hydrogen-bond acceptors (Lipinski definition) is 3. The minimum Gasteiger partial charge on any atom is -0.377 e. The SMILES string of the molecule is CCn1nccc1CNc1cc(C(N)=O)ccc1F. The van der Waals surface area contributed by atoms with E-state index in [4.69, 9.17) is 5.73 Å². The highest BCUT2D eigenvalue weighted by atomic mass is 19.1. The minimum atomic E-state index is -0.582. The standard InChI is InChI=1S/C13H15FN4O/c1-2-18-10(5-6-17-18)8-16-12-7-9(13(15)19)3-4-11(12)14/h3-7,16H,2,8H2,1H3,(H2,15,19). The number of rotatable bonds is 5. The van der Waals surface area contributed by atoms with E-state index in [9.17, 15) is 9.18 Å². The van der Waals surface area contributed by atoms with E-state index in [0.29, 0.717) is 6.54 Å². The van der Waals surface area contributed by atoms with Gasteiger partial charge >= 0.3 is 0 Å². The van der Waals surface area contributed by atoms with E-state index >= 15 is 0 Å². The van der Waals surface area contributed by atoms with Crippen molar-refractivity contribution in [3.8, 4) is 0 Å². The first-order valence-corrected chi connectivity index (χ1v) is 5.95. The summed E-state index contributed by atoms with van der Waals surface area (Å²) in [6.45, 7) is 3.14. The molecular weight excluding hydrogens is 247 g/mol. The van der Waals surface area contributed by atoms with Crippen LogP contribution in [0.25, 0.3) is 0 Å². The lowest BCUT2D eigenvalue weighted by Gasteiger charge is -2.09. The van der Waals surface area contributed by atoms with Crippen molar-refractivity contribution in [2.45, 2.75) is 20.0 Å². The molecule has 0 unspecified atom stereocenters. The molecule has 1 heterocycles. The maximum atomic E-state index is 13.6. The van der Waals surface area contributed by atoms with Gasteiger partial charge in [0.15, 0.2) is 0 Å². The summed E-state index contributed by atoms with van der Waals surface area (Å²) in [6, 6.07) is 5.84. The Morgan fingerprint density at radius 1 is 1.47 bits per heavy atom. The molecule has 0 aliphatic carbocycles. The zero-order valence-corrected chi connectivity index (χ0v) is 10.6. The van der Waals surface area contributed by atoms with Gasteiger partial charge in [0.25, 0.3) is 0 Å². The molecule has 0 radical (unpaired) electrons. The topological polar surface area (TPSA) is 72.9 Å². The number of carbonyl (C=O) groups is 1. The van der Waals surface area contributed by atoms with Crippen LogP contribution in [0.1, 0.15) is 23.0 Å². The number of nitrogens with zero attached hydrogens (tertiary/aromatic N) is 2. The van der Waals surface area contributed by atoms with Gasteiger partial charge in [0, 0.05) is 18.3 Å². The van der Waals surface area contributed by atoms with Gasteiger partial charge in [-0.15, -0.1) is 0 Å². The molecule has 2 rings (SSSR count). The van der Waals surface area contributed by atoms with Crippen molar-refractivity contribution < 1.29 is 9.18 Å². The first kappa shape index (κ1) is 13.1. The quantitative estimate of drug-likeness (QED) is 0.862. The van der Waals surface area contributed by atoms with Crippen molar-refractivity contribution in [2.75, 3.05) is 5.32 Å². The van der Waals surface area contributed by atoms with Gasteiger partial charge < -0.3 is 11.1 Å². The van der Waals surface area contributed by atoms with Crippen molar-refractivity contribution in [1.82, 2.24) is 9.78 Å². The van der Waals surface area contributed by atoms with Crippen LogP contribution in [-0.2, 0) is 13.1 Å². The highest BCUT2D eigenvalue weighted by Gasteiger charge is 2.08. The Hall–Kier alpha value is -2.37. The summed E-state index contributed by atoms with van der Waals surface area (Å²) in [6.07, 6.45) is 1.69. The number of nitrogens with two attached hydrogens (primary N) is 1. The molecule has 2 aromatic rings. The molecule has 0 fully saturated rings. The van der Waals surface area contributed by atoms with Gasteiger partial charge in [-0.1, -0.05) is 0 Å². The molecular formula is C13H15FN4O. The van der Waals surface area contributed by atoms with Crippen molar-refractivity contribution >= 4 is 11.6 Å². The zero-order chi connectivity index (χ0) is 13.8. The van der Waals surface area contributed by atoms with Crippen LogP contribution in [0.3, 0.4) is 0 Å². The van der Waals surface area contributed by atoms with Gasteiger partial charge in [-0.25, -0.2) is 4.39 Å². The third-order valence-electron chi connectivity index (χ3n) is 2.81. The van der Waals surface area contributed by atoms with Crippen LogP contribution in [-0.4, -0.2) is 15.7 Å². The van der Waals surface area contributed by atoms with Gasteiger partial charge in [0.05, 0.1) is 17.9 Å². The Kier molecular flexibility index (Phi) is 3.79. The maximum absolute atomic E-state index is 13.6. The normalized spacial score (nSPS) is 10.4. The van der Waals surface area contributed by atoms with Gasteiger partial charge in [-0.2, -0.15) is 5.10 Å². The Labute approximate surface area is 110 Å². The summed E-state index contributed by atoms with van der Waals surface area (Å²) < 4.78 is 15.4. The van der Waals surface area contributed by atoms with Crippen molar-refractivity contribution in [2.24, 2.45) is 5.73 Å². The van der Waals surface area contributed by atoms with E-state index in [1.165, 1.54) is 18.2 Å². The fraction of sp³-hybridized carbons (Fsp3) is 0.231. The highest BCUT2D eigenvalue weighted by Crippen LogP contribution is 2.17. The van der Waals surface area contributed by atoms with Crippen LogP contribution < -0.4 is 11.1 Å². The Balaban J connectivity index is 2.15. The Morgan fingerprint density at radius 2 is 2.26 bits per heavy atom. The van der Waals surface area contributed by atoms with Gasteiger partial charge in [0.1, 0.15) is 5.82 Å². The van der Waals surface area contributed by atoms with E-state index in [1.54, 1.807) is 6.20 Å². The highest BCUT2D eigenvalue weighted by molar-refractivity contribution is 5.93. The Morgan fingerprint density at radius 3 is 2.95 bits per heavy atom. The van der Waals surface area contributed by atoms with Gasteiger partial charge in [0.2, 0.25) is 5.91 Å². The molecule has 0 aliphatic rings. The predicted octanol–water partition coefficient (Wildman–Crippen LogP) is 1.75. The lowest BCUT2D eigenvalue weighted by molar-refractivity contribution is 0.100. The van der Waals surface area contributed by atoms with Crippen LogP contribution >= 0.6 is 0 Å². The second-order valence-electron chi connectivity index (χ2n) is 4.05. The van der Waals surface area contributed by atoms with Crippen molar-refractivity contribution in [1.29, 1.82) is 0 Å². The first-order chi connectivity index (χ1) is 9.11. The number of aryl methyl sites for hydroxylation is 1. The fourth-order valence-electron chi connectivity index (χ4n) is 1.79. The number of halogens is 1. The largest absolute Gasteiger partial charge is 0.377 e. The average molecular weight is 262 g/mol. The molecule has 1 aromatic carbocycles. The minimum absolute atomic E-state index is 0.250. The van der Waals surface area contributed by atoms with E-state index in [2.05, 4.69) is 10.4 Å². The number of benzene rings is 1. The number of primary amides is 1. The van der Waals surface area contributed by atoms with E-state index in [-0.39, 0.29) is 11.3 Å². The van der Waals surface area contributed by atoms with Crippen molar-refractivity contribution in [3.63, 3.8) is 0 Å². The fourth-order valence-corrected chi connectivity index (χ4v) is 1.79.